The molecule has 0 saturated carbocycles. The highest BCUT2D eigenvalue weighted by molar-refractivity contribution is 6.04. The molecule has 1 amide bonds. The first-order chi connectivity index (χ1) is 15.6. The van der Waals surface area contributed by atoms with Crippen molar-refractivity contribution in [3.8, 4) is 0 Å². The van der Waals surface area contributed by atoms with Gasteiger partial charge in [-0.2, -0.15) is 4.98 Å². The predicted octanol–water partition coefficient (Wildman–Crippen LogP) is 4.36. The van der Waals surface area contributed by atoms with E-state index in [9.17, 15) is 4.79 Å². The van der Waals surface area contributed by atoms with Gasteiger partial charge in [0, 0.05) is 41.6 Å². The van der Waals surface area contributed by atoms with Gasteiger partial charge in [0.15, 0.2) is 5.76 Å². The van der Waals surface area contributed by atoms with Crippen molar-refractivity contribution in [3.63, 3.8) is 0 Å². The minimum atomic E-state index is -0.293. The first-order valence-corrected chi connectivity index (χ1v) is 10.5. The lowest BCUT2D eigenvalue weighted by Crippen LogP contribution is -2.36. The third kappa shape index (κ3) is 4.40. The van der Waals surface area contributed by atoms with Crippen LogP contribution >= 0.6 is 0 Å². The second-order valence-electron chi connectivity index (χ2n) is 7.60. The highest BCUT2D eigenvalue weighted by Gasteiger charge is 2.15. The number of para-hydroxylation sites is 1. The molecule has 4 aromatic rings. The molecular formula is C24H23N5O3. The topological polar surface area (TPSA) is 92.5 Å². The maximum absolute atomic E-state index is 12.5. The van der Waals surface area contributed by atoms with Crippen molar-refractivity contribution in [2.24, 2.45) is 0 Å². The molecule has 32 heavy (non-hydrogen) atoms. The van der Waals surface area contributed by atoms with Gasteiger partial charge in [-0.25, -0.2) is 4.98 Å². The number of fused-ring (bicyclic) bond motifs is 1. The zero-order valence-electron chi connectivity index (χ0n) is 17.7. The highest BCUT2D eigenvalue weighted by Crippen LogP contribution is 2.22. The summed E-state index contributed by atoms with van der Waals surface area (Å²) in [4.78, 5) is 23.9. The maximum atomic E-state index is 12.5. The Kier molecular flexibility index (Phi) is 5.43. The Morgan fingerprint density at radius 3 is 2.50 bits per heavy atom. The molecule has 1 fully saturated rings. The summed E-state index contributed by atoms with van der Waals surface area (Å²) in [5.41, 5.74) is 3.07. The summed E-state index contributed by atoms with van der Waals surface area (Å²) in [6, 6.07) is 18.6. The number of hydrogen-bond acceptors (Lipinski definition) is 7. The molecule has 8 heteroatoms. The number of ether oxygens (including phenoxy) is 1. The van der Waals surface area contributed by atoms with Gasteiger partial charge in [-0.05, 0) is 43.3 Å². The van der Waals surface area contributed by atoms with Crippen LogP contribution in [0.5, 0.6) is 0 Å². The average molecular weight is 429 g/mol. The quantitative estimate of drug-likeness (QED) is 0.487. The molecule has 8 nitrogen and oxygen atoms in total. The van der Waals surface area contributed by atoms with Gasteiger partial charge < -0.3 is 24.7 Å². The van der Waals surface area contributed by atoms with E-state index in [2.05, 4.69) is 25.5 Å². The molecule has 3 heterocycles. The van der Waals surface area contributed by atoms with E-state index in [0.29, 0.717) is 30.4 Å². The number of nitrogens with zero attached hydrogens (tertiary/aromatic N) is 3. The largest absolute Gasteiger partial charge is 0.451 e. The van der Waals surface area contributed by atoms with E-state index in [1.165, 1.54) is 0 Å². The number of carbonyl (C=O) groups is 1. The molecule has 2 N–H and O–H groups in total. The number of benzene rings is 2. The maximum Gasteiger partial charge on any atom is 0.291 e. The number of morpholine rings is 1. The fourth-order valence-electron chi connectivity index (χ4n) is 3.61. The number of anilines is 4. The summed E-state index contributed by atoms with van der Waals surface area (Å²) in [7, 11) is 0. The van der Waals surface area contributed by atoms with Gasteiger partial charge in [0.1, 0.15) is 11.4 Å². The third-order valence-corrected chi connectivity index (χ3v) is 5.22. The summed E-state index contributed by atoms with van der Waals surface area (Å²) in [5, 5.41) is 7.00. The normalized spacial score (nSPS) is 13.8. The molecule has 162 valence electrons. The molecule has 0 bridgehead atoms. The standard InChI is InChI=1S/C24H23N5O3/c1-16-14-22(29-10-12-31-13-11-29)28-24(25-16)27-19-8-6-18(7-9-19)26-23(30)21-15-17-4-2-3-5-20(17)32-21/h2-9,14-15H,10-13H2,1H3,(H,26,30)(H,25,27,28). The Labute approximate surface area is 185 Å². The molecule has 0 spiro atoms. The molecule has 0 unspecified atom stereocenters. The fraction of sp³-hybridized carbons (Fsp3) is 0.208. The number of carbonyl (C=O) groups excluding carboxylic acids is 1. The van der Waals surface area contributed by atoms with Crippen LogP contribution in [0.1, 0.15) is 16.2 Å². The van der Waals surface area contributed by atoms with Crippen LogP contribution in [-0.4, -0.2) is 42.2 Å². The van der Waals surface area contributed by atoms with Crippen LogP contribution in [0.3, 0.4) is 0 Å². The Balaban J connectivity index is 1.26. The van der Waals surface area contributed by atoms with Crippen LogP contribution in [0, 0.1) is 6.92 Å². The molecule has 5 rings (SSSR count). The van der Waals surface area contributed by atoms with E-state index in [-0.39, 0.29) is 11.7 Å². The van der Waals surface area contributed by atoms with Gasteiger partial charge in [-0.3, -0.25) is 4.79 Å². The van der Waals surface area contributed by atoms with Crippen molar-refractivity contribution in [2.75, 3.05) is 41.8 Å². The molecule has 0 aliphatic carbocycles. The van der Waals surface area contributed by atoms with Crippen molar-refractivity contribution < 1.29 is 13.9 Å². The molecule has 1 saturated heterocycles. The van der Waals surface area contributed by atoms with Gasteiger partial charge in [0.05, 0.1) is 13.2 Å². The van der Waals surface area contributed by atoms with E-state index >= 15 is 0 Å². The molecule has 2 aromatic heterocycles. The lowest BCUT2D eigenvalue weighted by atomic mass is 10.2. The highest BCUT2D eigenvalue weighted by atomic mass is 16.5. The van der Waals surface area contributed by atoms with Gasteiger partial charge in [-0.15, -0.1) is 0 Å². The average Bonchev–Trinajstić information content (AvgIpc) is 3.25. The second-order valence-corrected chi connectivity index (χ2v) is 7.60. The van der Waals surface area contributed by atoms with E-state index < -0.39 is 0 Å². The number of hydrogen-bond donors (Lipinski definition) is 2. The molecule has 2 aromatic carbocycles. The minimum absolute atomic E-state index is 0.275. The van der Waals surface area contributed by atoms with E-state index in [0.717, 1.165) is 35.7 Å². The number of furan rings is 1. The Bertz CT molecular complexity index is 1210. The van der Waals surface area contributed by atoms with Crippen molar-refractivity contribution >= 4 is 40.0 Å². The second kappa shape index (κ2) is 8.68. The van der Waals surface area contributed by atoms with Gasteiger partial charge in [-0.1, -0.05) is 18.2 Å². The minimum Gasteiger partial charge on any atom is -0.451 e. The number of aromatic nitrogens is 2. The van der Waals surface area contributed by atoms with Crippen LogP contribution in [0.25, 0.3) is 11.0 Å². The van der Waals surface area contributed by atoms with Crippen molar-refractivity contribution in [1.82, 2.24) is 9.97 Å². The number of amides is 1. The summed E-state index contributed by atoms with van der Waals surface area (Å²) in [6.45, 7) is 4.98. The first-order valence-electron chi connectivity index (χ1n) is 10.5. The predicted molar refractivity (Wildman–Crippen MR) is 124 cm³/mol. The van der Waals surface area contributed by atoms with E-state index in [1.807, 2.05) is 61.5 Å². The van der Waals surface area contributed by atoms with E-state index in [4.69, 9.17) is 9.15 Å². The zero-order valence-corrected chi connectivity index (χ0v) is 17.7. The fourth-order valence-corrected chi connectivity index (χ4v) is 3.61. The molecule has 1 aliphatic rings. The number of aryl methyl sites for hydroxylation is 1. The summed E-state index contributed by atoms with van der Waals surface area (Å²) in [5.74, 6) is 1.40. The Morgan fingerprint density at radius 1 is 0.969 bits per heavy atom. The summed E-state index contributed by atoms with van der Waals surface area (Å²) in [6.07, 6.45) is 0. The van der Waals surface area contributed by atoms with Gasteiger partial charge in [0.2, 0.25) is 5.95 Å². The van der Waals surface area contributed by atoms with Crippen molar-refractivity contribution in [2.45, 2.75) is 6.92 Å². The van der Waals surface area contributed by atoms with Crippen molar-refractivity contribution in [1.29, 1.82) is 0 Å². The molecule has 0 atom stereocenters. The smallest absolute Gasteiger partial charge is 0.291 e. The van der Waals surface area contributed by atoms with Crippen LogP contribution in [0.2, 0.25) is 0 Å². The van der Waals surface area contributed by atoms with Crippen LogP contribution in [-0.2, 0) is 4.74 Å². The van der Waals surface area contributed by atoms with Gasteiger partial charge in [0.25, 0.3) is 5.91 Å². The summed E-state index contributed by atoms with van der Waals surface area (Å²) < 4.78 is 11.0. The molecule has 1 aliphatic heterocycles. The number of rotatable bonds is 5. The van der Waals surface area contributed by atoms with Crippen LogP contribution in [0.4, 0.5) is 23.1 Å². The van der Waals surface area contributed by atoms with Gasteiger partial charge >= 0.3 is 0 Å². The Hall–Kier alpha value is -3.91. The molecule has 0 radical (unpaired) electrons. The van der Waals surface area contributed by atoms with Crippen molar-refractivity contribution in [3.05, 3.63) is 72.1 Å². The zero-order chi connectivity index (χ0) is 21.9. The number of nitrogens with one attached hydrogen (secondary N) is 2. The summed E-state index contributed by atoms with van der Waals surface area (Å²) >= 11 is 0. The monoisotopic (exact) mass is 429 g/mol. The van der Waals surface area contributed by atoms with Crippen LogP contribution < -0.4 is 15.5 Å². The third-order valence-electron chi connectivity index (χ3n) is 5.22. The van der Waals surface area contributed by atoms with E-state index in [1.54, 1.807) is 6.07 Å². The van der Waals surface area contributed by atoms with Crippen LogP contribution in [0.15, 0.2) is 65.1 Å². The first kappa shape index (κ1) is 20.0. The Morgan fingerprint density at radius 2 is 1.72 bits per heavy atom. The lowest BCUT2D eigenvalue weighted by molar-refractivity contribution is 0.0998. The molecular weight excluding hydrogens is 406 g/mol. The lowest BCUT2D eigenvalue weighted by Gasteiger charge is -2.28. The SMILES string of the molecule is Cc1cc(N2CCOCC2)nc(Nc2ccc(NC(=O)c3cc4ccccc4o3)cc2)n1.